The number of ether oxygens (including phenoxy) is 2. The zero-order valence-corrected chi connectivity index (χ0v) is 45.1. The SMILES string of the molecule is O=C(OCCCCCCCCCCOC(=O)c1ccc2c(c1)-c1ccccc1/C2=N\N(c1ccccc1)c1nnnn1Cc1ccccc1)c1ccc2c(c1)-c1ccccc1/C2=N\N(c1ccccc1)c1nnnn1Cc1ccccc1. The minimum atomic E-state index is -0.347. The van der Waals surface area contributed by atoms with Crippen molar-refractivity contribution < 1.29 is 19.1 Å². The summed E-state index contributed by atoms with van der Waals surface area (Å²) in [5.74, 6) is 0.245. The Kier molecular flexibility index (Phi) is 15.9. The maximum atomic E-state index is 13.5. The van der Waals surface area contributed by atoms with E-state index in [0.29, 0.717) is 49.3 Å². The first-order valence-corrected chi connectivity index (χ1v) is 27.8. The second-order valence-corrected chi connectivity index (χ2v) is 20.1. The highest BCUT2D eigenvalue weighted by Crippen LogP contribution is 2.41. The zero-order chi connectivity index (χ0) is 55.5. The van der Waals surface area contributed by atoms with Gasteiger partial charge in [-0.25, -0.2) is 19.0 Å². The number of anilines is 4. The van der Waals surface area contributed by atoms with Gasteiger partial charge >= 0.3 is 11.9 Å². The molecular weight excluding hydrogens is 1020 g/mol. The van der Waals surface area contributed by atoms with Crippen molar-refractivity contribution in [3.05, 3.63) is 251 Å². The molecule has 0 radical (unpaired) electrons. The van der Waals surface area contributed by atoms with Crippen molar-refractivity contribution in [2.45, 2.75) is 64.5 Å². The zero-order valence-electron chi connectivity index (χ0n) is 45.1. The fourth-order valence-electron chi connectivity index (χ4n) is 10.5. The summed E-state index contributed by atoms with van der Waals surface area (Å²) in [6, 6.07) is 67.3. The summed E-state index contributed by atoms with van der Waals surface area (Å²) in [6.45, 7) is 1.64. The molecule has 406 valence electrons. The number of unbranched alkanes of at least 4 members (excludes halogenated alkanes) is 7. The maximum Gasteiger partial charge on any atom is 0.338 e. The summed E-state index contributed by atoms with van der Waals surface area (Å²) in [7, 11) is 0. The molecule has 16 heteroatoms. The number of hydrazone groups is 2. The number of hydrogen-bond acceptors (Lipinski definition) is 14. The minimum Gasteiger partial charge on any atom is -0.462 e. The minimum absolute atomic E-state index is 0.347. The maximum absolute atomic E-state index is 13.5. The first kappa shape index (κ1) is 52.5. The van der Waals surface area contributed by atoms with E-state index in [1.165, 1.54) is 0 Å². The monoisotopic (exact) mass is 1080 g/mol. The third-order valence-corrected chi connectivity index (χ3v) is 14.6. The van der Waals surface area contributed by atoms with Gasteiger partial charge in [0.15, 0.2) is 0 Å². The number of rotatable bonds is 23. The van der Waals surface area contributed by atoms with E-state index in [1.54, 1.807) is 19.4 Å². The summed E-state index contributed by atoms with van der Waals surface area (Å²) >= 11 is 0. The average molecular weight is 1080 g/mol. The van der Waals surface area contributed by atoms with Crippen LogP contribution in [-0.2, 0) is 22.6 Å². The lowest BCUT2D eigenvalue weighted by atomic mass is 10.0. The summed E-state index contributed by atoms with van der Waals surface area (Å²) in [6.07, 6.45) is 7.78. The summed E-state index contributed by atoms with van der Waals surface area (Å²) in [5.41, 5.74) is 13.7. The van der Waals surface area contributed by atoms with Crippen LogP contribution >= 0.6 is 0 Å². The quantitative estimate of drug-likeness (QED) is 0.0338. The Morgan fingerprint density at radius 3 is 1.12 bits per heavy atom. The van der Waals surface area contributed by atoms with Gasteiger partial charge in [0.1, 0.15) is 0 Å². The number of nitrogens with zero attached hydrogens (tertiary/aromatic N) is 12. The normalized spacial score (nSPS) is 12.9. The van der Waals surface area contributed by atoms with Gasteiger partial charge in [0, 0.05) is 22.3 Å². The Labute approximate surface area is 475 Å². The van der Waals surface area contributed by atoms with Gasteiger partial charge in [0.25, 0.3) is 11.9 Å². The molecule has 8 aromatic carbocycles. The largest absolute Gasteiger partial charge is 0.462 e. The van der Waals surface area contributed by atoms with Crippen molar-refractivity contribution in [2.24, 2.45) is 10.2 Å². The molecule has 0 bridgehead atoms. The fraction of sp³-hybridized carbons (Fsp3) is 0.182. The Balaban J connectivity index is 0.603. The van der Waals surface area contributed by atoms with Crippen LogP contribution < -0.4 is 10.0 Å². The molecule has 2 aromatic heterocycles. The molecule has 0 spiro atoms. The molecule has 12 rings (SSSR count). The van der Waals surface area contributed by atoms with Gasteiger partial charge in [0.2, 0.25) is 0 Å². The lowest BCUT2D eigenvalue weighted by molar-refractivity contribution is 0.0487. The van der Waals surface area contributed by atoms with E-state index < -0.39 is 0 Å². The van der Waals surface area contributed by atoms with E-state index in [4.69, 9.17) is 19.7 Å². The first-order chi connectivity index (χ1) is 40.5. The standard InChI is InChI=1S/C66H58N12O4/c79-63(49-37-39-57-59(43-49)53-33-19-21-35-55(53)61(57)69-77(51-29-15-9-16-30-51)65-67-71-73-75(65)45-47-25-11-7-12-26-47)81-41-23-5-3-1-2-4-6-24-42-82-64(80)50-38-40-58-60(44-50)54-34-20-22-36-56(54)62(58)70-78(52-31-17-10-18-32-52)66-68-72-74-76(66)46-48-27-13-8-14-28-48/h7-22,25-40,43-44H,1-6,23-24,41-42,45-46H2/b69-61+,70-62+. The van der Waals surface area contributed by atoms with Crippen LogP contribution in [0.25, 0.3) is 22.3 Å². The molecule has 0 unspecified atom stereocenters. The van der Waals surface area contributed by atoms with Crippen molar-refractivity contribution in [1.82, 2.24) is 40.4 Å². The first-order valence-electron chi connectivity index (χ1n) is 27.8. The number of benzene rings is 8. The van der Waals surface area contributed by atoms with Gasteiger partial charge in [-0.05, 0) is 116 Å². The van der Waals surface area contributed by atoms with Crippen LogP contribution in [0.3, 0.4) is 0 Å². The smallest absolute Gasteiger partial charge is 0.338 e. The molecule has 0 aliphatic heterocycles. The number of aromatic nitrogens is 8. The van der Waals surface area contributed by atoms with Gasteiger partial charge in [0.05, 0.1) is 60.2 Å². The van der Waals surface area contributed by atoms with Gasteiger partial charge in [-0.1, -0.05) is 206 Å². The molecule has 0 fully saturated rings. The third-order valence-electron chi connectivity index (χ3n) is 14.6. The van der Waals surface area contributed by atoms with Gasteiger partial charge < -0.3 is 9.47 Å². The van der Waals surface area contributed by atoms with Crippen molar-refractivity contribution in [1.29, 1.82) is 0 Å². The van der Waals surface area contributed by atoms with Crippen LogP contribution in [0, 0.1) is 0 Å². The number of esters is 2. The van der Waals surface area contributed by atoms with E-state index >= 15 is 0 Å². The summed E-state index contributed by atoms with van der Waals surface area (Å²) in [4.78, 5) is 26.9. The fourth-order valence-corrected chi connectivity index (χ4v) is 10.5. The number of tetrazole rings is 2. The van der Waals surface area contributed by atoms with Crippen LogP contribution in [0.15, 0.2) is 216 Å². The van der Waals surface area contributed by atoms with E-state index in [-0.39, 0.29) is 11.9 Å². The molecule has 2 aliphatic carbocycles. The predicted molar refractivity (Wildman–Crippen MR) is 316 cm³/mol. The Hall–Kier alpha value is -10.2. The van der Waals surface area contributed by atoms with Gasteiger partial charge in [-0.2, -0.15) is 20.2 Å². The number of carbonyl (C=O) groups excluding carboxylic acids is 2. The Morgan fingerprint density at radius 2 is 0.720 bits per heavy atom. The molecule has 0 saturated carbocycles. The van der Waals surface area contributed by atoms with E-state index in [2.05, 4.69) is 43.2 Å². The number of para-hydroxylation sites is 2. The molecule has 0 N–H and O–H groups in total. The van der Waals surface area contributed by atoms with E-state index in [9.17, 15) is 9.59 Å². The topological polar surface area (TPSA) is 171 Å². The number of fused-ring (bicyclic) bond motifs is 6. The highest BCUT2D eigenvalue weighted by Gasteiger charge is 2.31. The van der Waals surface area contributed by atoms with E-state index in [0.717, 1.165) is 130 Å². The average Bonchev–Trinajstić information content (AvgIpc) is 4.48. The van der Waals surface area contributed by atoms with Crippen LogP contribution in [0.5, 0.6) is 0 Å². The molecule has 0 saturated heterocycles. The van der Waals surface area contributed by atoms with Crippen molar-refractivity contribution >= 4 is 46.6 Å². The lowest BCUT2D eigenvalue weighted by Crippen LogP contribution is -2.19. The van der Waals surface area contributed by atoms with Crippen LogP contribution in [0.4, 0.5) is 23.3 Å². The van der Waals surface area contributed by atoms with Crippen LogP contribution in [0.1, 0.15) is 105 Å². The molecule has 82 heavy (non-hydrogen) atoms. The van der Waals surface area contributed by atoms with Gasteiger partial charge in [-0.3, -0.25) is 0 Å². The lowest BCUT2D eigenvalue weighted by Gasteiger charge is -2.19. The molecule has 10 aromatic rings. The second-order valence-electron chi connectivity index (χ2n) is 20.1. The Bertz CT molecular complexity index is 3650. The highest BCUT2D eigenvalue weighted by atomic mass is 16.5. The molecular formula is C66H58N12O4. The van der Waals surface area contributed by atoms with Crippen molar-refractivity contribution in [2.75, 3.05) is 23.2 Å². The van der Waals surface area contributed by atoms with E-state index in [1.807, 2.05) is 194 Å². The summed E-state index contributed by atoms with van der Waals surface area (Å²) in [5, 5.41) is 39.7. The third kappa shape index (κ3) is 11.6. The summed E-state index contributed by atoms with van der Waals surface area (Å²) < 4.78 is 15.1. The predicted octanol–water partition coefficient (Wildman–Crippen LogP) is 13.0. The molecule has 0 amide bonds. The van der Waals surface area contributed by atoms with Crippen molar-refractivity contribution in [3.8, 4) is 22.3 Å². The van der Waals surface area contributed by atoms with Crippen molar-refractivity contribution in [3.63, 3.8) is 0 Å². The van der Waals surface area contributed by atoms with Crippen LogP contribution in [0.2, 0.25) is 0 Å². The molecule has 0 atom stereocenters. The van der Waals surface area contributed by atoms with Crippen LogP contribution in [-0.4, -0.2) is 77.0 Å². The van der Waals surface area contributed by atoms with Gasteiger partial charge in [-0.15, -0.1) is 0 Å². The second kappa shape index (κ2) is 24.8. The highest BCUT2D eigenvalue weighted by molar-refractivity contribution is 6.26. The molecule has 16 nitrogen and oxygen atoms in total. The molecule has 2 heterocycles. The number of carbonyl (C=O) groups is 2. The Morgan fingerprint density at radius 1 is 0.378 bits per heavy atom. The number of hydrogen-bond donors (Lipinski definition) is 0. The molecule has 2 aliphatic rings.